The Labute approximate surface area is 204 Å². The quantitative estimate of drug-likeness (QED) is 0.311. The van der Waals surface area contributed by atoms with Crippen LogP contribution in [0.1, 0.15) is 5.56 Å². The van der Waals surface area contributed by atoms with Crippen LogP contribution >= 0.6 is 15.9 Å². The molecular formula is C24H19BrN6O2S. The molecule has 0 unspecified atom stereocenters. The number of anilines is 2. The van der Waals surface area contributed by atoms with E-state index in [-0.39, 0.29) is 11.4 Å². The number of benzene rings is 2. The van der Waals surface area contributed by atoms with Crippen LogP contribution in [-0.2, 0) is 16.6 Å². The van der Waals surface area contributed by atoms with E-state index in [9.17, 15) is 8.42 Å². The summed E-state index contributed by atoms with van der Waals surface area (Å²) >= 11 is 3.50. The molecule has 0 amide bonds. The summed E-state index contributed by atoms with van der Waals surface area (Å²) in [5, 5.41) is 7.72. The molecule has 0 aliphatic rings. The lowest BCUT2D eigenvalue weighted by molar-refractivity contribution is 0.581. The Morgan fingerprint density at radius 1 is 0.941 bits per heavy atom. The lowest BCUT2D eigenvalue weighted by atomic mass is 10.1. The molecule has 8 nitrogen and oxygen atoms in total. The van der Waals surface area contributed by atoms with Crippen LogP contribution in [0, 0.1) is 0 Å². The Kier molecular flexibility index (Phi) is 6.10. The van der Waals surface area contributed by atoms with E-state index in [1.807, 2.05) is 42.5 Å². The number of fused-ring (bicyclic) bond motifs is 1. The van der Waals surface area contributed by atoms with Crippen LogP contribution in [0.3, 0.4) is 0 Å². The number of nitrogens with one attached hydrogen (secondary N) is 2. The van der Waals surface area contributed by atoms with Crippen LogP contribution in [0.15, 0.2) is 101 Å². The fourth-order valence-corrected chi connectivity index (χ4v) is 4.78. The number of halogens is 1. The largest absolute Gasteiger partial charge is 0.340 e. The maximum atomic E-state index is 12.7. The van der Waals surface area contributed by atoms with Gasteiger partial charge in [0.05, 0.1) is 21.3 Å². The van der Waals surface area contributed by atoms with Crippen molar-refractivity contribution < 1.29 is 8.42 Å². The Hall–Kier alpha value is -3.60. The molecule has 0 aliphatic heterocycles. The van der Waals surface area contributed by atoms with E-state index in [4.69, 9.17) is 4.98 Å². The third-order valence-corrected chi connectivity index (χ3v) is 7.10. The molecule has 2 N–H and O–H groups in total. The number of sulfonamides is 1. The first-order chi connectivity index (χ1) is 16.5. The van der Waals surface area contributed by atoms with E-state index in [0.717, 1.165) is 21.3 Å². The van der Waals surface area contributed by atoms with Crippen molar-refractivity contribution in [1.29, 1.82) is 0 Å². The summed E-state index contributed by atoms with van der Waals surface area (Å²) in [5.41, 5.74) is 3.93. The van der Waals surface area contributed by atoms with Crippen LogP contribution < -0.4 is 10.0 Å². The topological polar surface area (TPSA) is 101 Å². The number of aromatic nitrogens is 4. The van der Waals surface area contributed by atoms with Crippen molar-refractivity contribution in [2.24, 2.45) is 0 Å². The highest BCUT2D eigenvalue weighted by atomic mass is 79.9. The standard InChI is InChI=1S/C24H19BrN6O2S/c25-21-16-27-31-23(13-22(30-24(21)31)18-6-2-1-3-7-18)29-19-8-10-20(11-9-19)34(32,33)28-15-17-5-4-12-26-14-17/h1-14,16,28-29H,15H2. The van der Waals surface area contributed by atoms with Gasteiger partial charge in [0, 0.05) is 36.3 Å². The highest BCUT2D eigenvalue weighted by Crippen LogP contribution is 2.28. The van der Waals surface area contributed by atoms with Gasteiger partial charge < -0.3 is 5.32 Å². The molecule has 0 saturated heterocycles. The van der Waals surface area contributed by atoms with Crippen molar-refractivity contribution in [3.63, 3.8) is 0 Å². The smallest absolute Gasteiger partial charge is 0.240 e. The molecule has 0 saturated carbocycles. The van der Waals surface area contributed by atoms with Gasteiger partial charge in [0.1, 0.15) is 5.82 Å². The van der Waals surface area contributed by atoms with Gasteiger partial charge in [-0.2, -0.15) is 9.61 Å². The fraction of sp³-hybridized carbons (Fsp3) is 0.0417. The third-order valence-electron chi connectivity index (χ3n) is 5.12. The Bertz CT molecular complexity index is 1540. The van der Waals surface area contributed by atoms with Crippen LogP contribution in [0.5, 0.6) is 0 Å². The number of hydrogen-bond donors (Lipinski definition) is 2. The van der Waals surface area contributed by atoms with Crippen LogP contribution in [0.25, 0.3) is 16.9 Å². The SMILES string of the molecule is O=S(=O)(NCc1cccnc1)c1ccc(Nc2cc(-c3ccccc3)nc3c(Br)cnn23)cc1. The lowest BCUT2D eigenvalue weighted by Crippen LogP contribution is -2.23. The first kappa shape index (κ1) is 22.2. The van der Waals surface area contributed by atoms with Gasteiger partial charge in [-0.15, -0.1) is 0 Å². The molecule has 3 heterocycles. The molecule has 2 aromatic carbocycles. The van der Waals surface area contributed by atoms with E-state index in [2.05, 4.69) is 36.1 Å². The molecule has 0 atom stereocenters. The van der Waals surface area contributed by atoms with E-state index < -0.39 is 10.0 Å². The van der Waals surface area contributed by atoms with Gasteiger partial charge in [-0.05, 0) is 51.8 Å². The second kappa shape index (κ2) is 9.34. The number of nitrogens with zero attached hydrogens (tertiary/aromatic N) is 4. The Morgan fingerprint density at radius 2 is 1.74 bits per heavy atom. The number of hydrogen-bond acceptors (Lipinski definition) is 6. The van der Waals surface area contributed by atoms with Crippen molar-refractivity contribution in [2.75, 3.05) is 5.32 Å². The highest BCUT2D eigenvalue weighted by Gasteiger charge is 2.15. The second-order valence-corrected chi connectivity index (χ2v) is 10.1. The van der Waals surface area contributed by atoms with Gasteiger partial charge in [-0.1, -0.05) is 36.4 Å². The van der Waals surface area contributed by atoms with Crippen LogP contribution in [0.2, 0.25) is 0 Å². The molecule has 0 spiro atoms. The van der Waals surface area contributed by atoms with E-state index in [1.165, 1.54) is 0 Å². The minimum absolute atomic E-state index is 0.168. The minimum atomic E-state index is -3.66. The monoisotopic (exact) mass is 534 g/mol. The number of rotatable bonds is 7. The van der Waals surface area contributed by atoms with Crippen molar-refractivity contribution in [1.82, 2.24) is 24.3 Å². The zero-order valence-corrected chi connectivity index (χ0v) is 20.2. The average molecular weight is 535 g/mol. The Morgan fingerprint density at radius 3 is 2.47 bits per heavy atom. The maximum absolute atomic E-state index is 12.7. The van der Waals surface area contributed by atoms with Crippen molar-refractivity contribution in [3.05, 3.63) is 101 Å². The van der Waals surface area contributed by atoms with E-state index in [0.29, 0.717) is 17.2 Å². The summed E-state index contributed by atoms with van der Waals surface area (Å²) in [6.45, 7) is 0.168. The molecule has 0 aliphatic carbocycles. The zero-order chi connectivity index (χ0) is 23.5. The highest BCUT2D eigenvalue weighted by molar-refractivity contribution is 9.10. The summed E-state index contributed by atoms with van der Waals surface area (Å²) in [4.78, 5) is 8.90. The maximum Gasteiger partial charge on any atom is 0.240 e. The minimum Gasteiger partial charge on any atom is -0.340 e. The first-order valence-electron chi connectivity index (χ1n) is 10.3. The first-order valence-corrected chi connectivity index (χ1v) is 12.6. The molecule has 3 aromatic heterocycles. The molecule has 5 rings (SSSR count). The summed E-state index contributed by atoms with van der Waals surface area (Å²) in [5.74, 6) is 0.694. The molecule has 170 valence electrons. The second-order valence-electron chi connectivity index (χ2n) is 7.46. The van der Waals surface area contributed by atoms with Crippen molar-refractivity contribution >= 4 is 43.1 Å². The van der Waals surface area contributed by atoms with Gasteiger partial charge >= 0.3 is 0 Å². The lowest BCUT2D eigenvalue weighted by Gasteiger charge is -2.12. The van der Waals surface area contributed by atoms with E-state index in [1.54, 1.807) is 53.4 Å². The molecule has 10 heteroatoms. The van der Waals surface area contributed by atoms with E-state index >= 15 is 0 Å². The summed E-state index contributed by atoms with van der Waals surface area (Å²) in [6.07, 6.45) is 4.96. The van der Waals surface area contributed by atoms with Gasteiger partial charge in [0.25, 0.3) is 0 Å². The van der Waals surface area contributed by atoms with Gasteiger partial charge in [0.15, 0.2) is 5.65 Å². The normalized spacial score (nSPS) is 11.6. The molecule has 0 fully saturated rings. The van der Waals surface area contributed by atoms with Crippen LogP contribution in [-0.4, -0.2) is 28.0 Å². The predicted octanol–water partition coefficient (Wildman–Crippen LogP) is 4.78. The van der Waals surface area contributed by atoms with Gasteiger partial charge in [-0.25, -0.2) is 18.1 Å². The molecule has 0 radical (unpaired) electrons. The summed E-state index contributed by atoms with van der Waals surface area (Å²) in [6, 6.07) is 21.9. The number of pyridine rings is 1. The summed E-state index contributed by atoms with van der Waals surface area (Å²) < 4.78 is 30.4. The third kappa shape index (κ3) is 4.69. The Balaban J connectivity index is 1.40. The molecular weight excluding hydrogens is 516 g/mol. The van der Waals surface area contributed by atoms with Crippen molar-refractivity contribution in [2.45, 2.75) is 11.4 Å². The van der Waals surface area contributed by atoms with Gasteiger partial charge in [0.2, 0.25) is 10.0 Å². The predicted molar refractivity (Wildman–Crippen MR) is 134 cm³/mol. The molecule has 5 aromatic rings. The van der Waals surface area contributed by atoms with Crippen LogP contribution in [0.4, 0.5) is 11.5 Å². The van der Waals surface area contributed by atoms with Gasteiger partial charge in [-0.3, -0.25) is 4.98 Å². The zero-order valence-electron chi connectivity index (χ0n) is 17.8. The fourth-order valence-electron chi connectivity index (χ4n) is 3.41. The van der Waals surface area contributed by atoms with Crippen molar-refractivity contribution in [3.8, 4) is 11.3 Å². The average Bonchev–Trinajstić information content (AvgIpc) is 3.25. The molecule has 34 heavy (non-hydrogen) atoms. The molecule has 0 bridgehead atoms. The summed E-state index contributed by atoms with van der Waals surface area (Å²) in [7, 11) is -3.66.